The van der Waals surface area contributed by atoms with Gasteiger partial charge in [-0.25, -0.2) is 28.5 Å². The van der Waals surface area contributed by atoms with Crippen LogP contribution < -0.4 is 22.1 Å². The summed E-state index contributed by atoms with van der Waals surface area (Å²) in [6.07, 6.45) is -5.78. The standard InChI is InChI=1S/C26H34FN11O9P2S2/c27-15-18-13(45-24(15)37-6-11-2-1-4-30-21-14(11)22(37)33-9-32-21)8-43-49(41,51)47-19-17(39)12(7-42-48(40,50)46-18)44-25(19)38-10-34-16-20(29)35-26(31-5-3-28)36-23(16)38/h6,9-10,12-13,15,17-19,24-25,39H,1-5,7-8,28H2,(H,40,50)(H,41,51)(H,30,32,33)(H3,29,31,35,36)/t12-,13-,15-,17-,18-,19-,24-,25-,48?,49?/m1/s1. The lowest BCUT2D eigenvalue weighted by Gasteiger charge is -2.26. The fraction of sp³-hybridized carbons (Fsp3) is 0.577. The molecule has 276 valence electrons. The van der Waals surface area contributed by atoms with Crippen LogP contribution in [0.5, 0.6) is 0 Å². The third-order valence-corrected chi connectivity index (χ3v) is 12.1. The summed E-state index contributed by atoms with van der Waals surface area (Å²) in [4.78, 5) is 21.6. The molecule has 7 N–H and O–H groups in total. The molecule has 4 aromatic rings. The number of aromatic nitrogens is 7. The van der Waals surface area contributed by atoms with Crippen LogP contribution in [0.25, 0.3) is 22.2 Å². The second kappa shape index (κ2) is 13.6. The lowest BCUT2D eigenvalue weighted by Crippen LogP contribution is -2.35. The molecular formula is C26H34FN11O9P2S2. The number of nitrogens with one attached hydrogen (secondary N) is 2. The van der Waals surface area contributed by atoms with E-state index in [9.17, 15) is 14.2 Å². The van der Waals surface area contributed by atoms with Gasteiger partial charge in [-0.15, -0.1) is 0 Å². The summed E-state index contributed by atoms with van der Waals surface area (Å²) in [5.41, 5.74) is 13.4. The Kier molecular flexibility index (Phi) is 9.46. The molecule has 0 spiro atoms. The summed E-state index contributed by atoms with van der Waals surface area (Å²) >= 11 is 8.27. The van der Waals surface area contributed by atoms with Gasteiger partial charge in [0.2, 0.25) is 5.95 Å². The van der Waals surface area contributed by atoms with Gasteiger partial charge in [0, 0.05) is 25.8 Å². The van der Waals surface area contributed by atoms with Gasteiger partial charge >= 0.3 is 13.6 Å². The number of ether oxygens (including phenoxy) is 2. The molecule has 20 nitrogen and oxygen atoms in total. The van der Waals surface area contributed by atoms with Gasteiger partial charge in [0.15, 0.2) is 30.1 Å². The molecule has 4 aromatic heterocycles. The van der Waals surface area contributed by atoms with Crippen molar-refractivity contribution in [3.8, 4) is 0 Å². The van der Waals surface area contributed by atoms with Crippen LogP contribution in [0.2, 0.25) is 0 Å². The monoisotopic (exact) mass is 789 g/mol. The third kappa shape index (κ3) is 6.61. The molecule has 0 radical (unpaired) electrons. The van der Waals surface area contributed by atoms with Crippen LogP contribution in [0.4, 0.5) is 22.0 Å². The molecule has 4 aliphatic rings. The second-order valence-electron chi connectivity index (χ2n) is 12.2. The Hall–Kier alpha value is -2.66. The van der Waals surface area contributed by atoms with Crippen molar-refractivity contribution in [1.29, 1.82) is 0 Å². The van der Waals surface area contributed by atoms with Crippen LogP contribution in [-0.2, 0) is 43.1 Å². The van der Waals surface area contributed by atoms with Crippen molar-refractivity contribution < 1.29 is 46.2 Å². The number of thiol groups is 2. The Balaban J connectivity index is 1.10. The molecule has 8 heterocycles. The van der Waals surface area contributed by atoms with Crippen molar-refractivity contribution in [2.24, 2.45) is 5.73 Å². The van der Waals surface area contributed by atoms with Crippen LogP contribution in [0.15, 0.2) is 18.9 Å². The normalized spacial score (nSPS) is 35.8. The van der Waals surface area contributed by atoms with E-state index >= 15 is 4.39 Å². The average Bonchev–Trinajstić information content (AvgIpc) is 3.79. The number of aryl methyl sites for hydroxylation is 1. The number of nitrogen functional groups attached to an aromatic ring is 1. The molecule has 0 saturated carbocycles. The topological polar surface area (TPSA) is 260 Å². The van der Waals surface area contributed by atoms with Crippen LogP contribution in [-0.4, -0.2) is 109 Å². The Morgan fingerprint density at radius 3 is 2.55 bits per heavy atom. The molecule has 0 amide bonds. The van der Waals surface area contributed by atoms with E-state index in [0.717, 1.165) is 17.4 Å². The van der Waals surface area contributed by atoms with Gasteiger partial charge in [0.1, 0.15) is 53.8 Å². The first-order chi connectivity index (χ1) is 24.4. The number of hydrogen-bond acceptors (Lipinski definition) is 18. The van der Waals surface area contributed by atoms with Crippen molar-refractivity contribution in [2.75, 3.05) is 49.2 Å². The SMILES string of the molecule is NCCNc1nc(N)c2ncn([C@@H]3O[C@@H]4COP(=O)(S)O[C@H]5[C@@H](F)[C@H](n6cc7c8c(ncnc86)NCCC7)O[C@@H]5COP(=O)(S)O[C@@H]3[C@@H]4O)c2n1. The molecule has 0 aliphatic carbocycles. The van der Waals surface area contributed by atoms with Gasteiger partial charge < -0.3 is 41.2 Å². The van der Waals surface area contributed by atoms with E-state index in [-0.39, 0.29) is 22.9 Å². The quantitative estimate of drug-likeness (QED) is 0.113. The predicted octanol–water partition coefficient (Wildman–Crippen LogP) is 1.97. The molecule has 2 unspecified atom stereocenters. The summed E-state index contributed by atoms with van der Waals surface area (Å²) in [5.74, 6) is 0.804. The lowest BCUT2D eigenvalue weighted by molar-refractivity contribution is -0.0567. The molecule has 3 saturated heterocycles. The van der Waals surface area contributed by atoms with E-state index in [1.807, 2.05) is 0 Å². The minimum absolute atomic E-state index is 0.0418. The number of nitrogens with zero attached hydrogens (tertiary/aromatic N) is 7. The zero-order valence-corrected chi connectivity index (χ0v) is 30.0. The second-order valence-corrected chi connectivity index (χ2v) is 18.0. The average molecular weight is 790 g/mol. The summed E-state index contributed by atoms with van der Waals surface area (Å²) in [6.45, 7) is -8.59. The largest absolute Gasteiger partial charge is 0.387 e. The number of aliphatic hydroxyl groups is 1. The van der Waals surface area contributed by atoms with Crippen LogP contribution in [0.1, 0.15) is 24.4 Å². The highest BCUT2D eigenvalue weighted by atomic mass is 32.7. The van der Waals surface area contributed by atoms with E-state index < -0.39 is 76.0 Å². The van der Waals surface area contributed by atoms with E-state index in [1.165, 1.54) is 21.8 Å². The van der Waals surface area contributed by atoms with Crippen molar-refractivity contribution in [3.63, 3.8) is 0 Å². The van der Waals surface area contributed by atoms with Crippen LogP contribution in [0, 0.1) is 0 Å². The number of halogens is 1. The maximum absolute atomic E-state index is 16.4. The number of fused-ring (bicyclic) bond motifs is 4. The van der Waals surface area contributed by atoms with Gasteiger partial charge in [-0.1, -0.05) is 24.5 Å². The number of nitrogens with two attached hydrogens (primary N) is 2. The first kappa shape index (κ1) is 35.4. The minimum Gasteiger partial charge on any atom is -0.387 e. The highest BCUT2D eigenvalue weighted by molar-refractivity contribution is 8.44. The van der Waals surface area contributed by atoms with Crippen molar-refractivity contribution >= 4 is 77.9 Å². The third-order valence-electron chi connectivity index (χ3n) is 8.92. The molecule has 2 bridgehead atoms. The molecule has 8 rings (SSSR count). The fourth-order valence-corrected chi connectivity index (χ4v) is 9.57. The van der Waals surface area contributed by atoms with E-state index in [1.54, 1.807) is 6.20 Å². The fourth-order valence-electron chi connectivity index (χ4n) is 6.63. The maximum Gasteiger partial charge on any atom is 0.386 e. The summed E-state index contributed by atoms with van der Waals surface area (Å²) in [5, 5.41) is 18.3. The van der Waals surface area contributed by atoms with E-state index in [4.69, 9.17) is 39.0 Å². The molecule has 0 aromatic carbocycles. The number of alkyl halides is 1. The first-order valence-corrected chi connectivity index (χ1v) is 21.3. The highest BCUT2D eigenvalue weighted by Gasteiger charge is 2.54. The van der Waals surface area contributed by atoms with Crippen molar-refractivity contribution in [2.45, 2.75) is 62.0 Å². The minimum atomic E-state index is -4.39. The summed E-state index contributed by atoms with van der Waals surface area (Å²) in [7, 11) is 0. The van der Waals surface area contributed by atoms with Crippen LogP contribution in [0.3, 0.4) is 0 Å². The molecule has 10 atom stereocenters. The van der Waals surface area contributed by atoms with Gasteiger partial charge in [-0.05, 0) is 18.4 Å². The number of imidazole rings is 1. The highest BCUT2D eigenvalue weighted by Crippen LogP contribution is 2.60. The van der Waals surface area contributed by atoms with Gasteiger partial charge in [-0.3, -0.25) is 22.7 Å². The maximum atomic E-state index is 16.4. The lowest BCUT2D eigenvalue weighted by atomic mass is 10.1. The first-order valence-electron chi connectivity index (χ1n) is 15.9. The van der Waals surface area contributed by atoms with Gasteiger partial charge in [-0.2, -0.15) is 9.97 Å². The zero-order valence-electron chi connectivity index (χ0n) is 26.5. The van der Waals surface area contributed by atoms with Gasteiger partial charge in [0.25, 0.3) is 0 Å². The molecule has 25 heteroatoms. The Morgan fingerprint density at radius 1 is 1.02 bits per heavy atom. The van der Waals surface area contributed by atoms with Gasteiger partial charge in [0.05, 0.1) is 24.9 Å². The Morgan fingerprint density at radius 2 is 1.76 bits per heavy atom. The van der Waals surface area contributed by atoms with Crippen LogP contribution >= 0.6 is 38.1 Å². The van der Waals surface area contributed by atoms with E-state index in [0.29, 0.717) is 37.5 Å². The molecule has 51 heavy (non-hydrogen) atoms. The Labute approximate surface area is 298 Å². The summed E-state index contributed by atoms with van der Waals surface area (Å²) in [6, 6.07) is 0. The smallest absolute Gasteiger partial charge is 0.386 e. The molecule has 4 aliphatic heterocycles. The number of anilines is 3. The molecular weight excluding hydrogens is 755 g/mol. The Bertz CT molecular complexity index is 2060. The van der Waals surface area contributed by atoms with E-state index in [2.05, 4.69) is 60.1 Å². The number of aliphatic hydroxyl groups excluding tert-OH is 1. The van der Waals surface area contributed by atoms with Crippen molar-refractivity contribution in [1.82, 2.24) is 34.1 Å². The number of rotatable bonds is 5. The zero-order chi connectivity index (χ0) is 35.7. The molecule has 3 fully saturated rings. The predicted molar refractivity (Wildman–Crippen MR) is 185 cm³/mol. The summed E-state index contributed by atoms with van der Waals surface area (Å²) < 4.78 is 81.6. The van der Waals surface area contributed by atoms with Crippen molar-refractivity contribution in [3.05, 3.63) is 24.4 Å². The number of hydrogen-bond donors (Lipinski definition) is 7.